The van der Waals surface area contributed by atoms with E-state index in [2.05, 4.69) is 53.1 Å². The number of benzene rings is 1. The summed E-state index contributed by atoms with van der Waals surface area (Å²) in [4.78, 5) is 0. The van der Waals surface area contributed by atoms with E-state index in [1.165, 1.54) is 5.56 Å². The standard InChI is InChI=1S/C14H17BrN2O/c1-3-9(4-2)11-6-5-10(7-12(11)15)13-8-14(16)17-18-13/h5-9H,3-4H2,1-2H3,(H2,16,17). The van der Waals surface area contributed by atoms with Crippen LogP contribution in [0.5, 0.6) is 0 Å². The summed E-state index contributed by atoms with van der Waals surface area (Å²) >= 11 is 3.64. The van der Waals surface area contributed by atoms with Crippen LogP contribution in [0.3, 0.4) is 0 Å². The molecule has 18 heavy (non-hydrogen) atoms. The van der Waals surface area contributed by atoms with Crippen LogP contribution in [0.15, 0.2) is 33.3 Å². The van der Waals surface area contributed by atoms with Gasteiger partial charge in [-0.05, 0) is 30.4 Å². The minimum absolute atomic E-state index is 0.408. The zero-order valence-corrected chi connectivity index (χ0v) is 12.2. The molecule has 0 fully saturated rings. The van der Waals surface area contributed by atoms with E-state index < -0.39 is 0 Å². The van der Waals surface area contributed by atoms with E-state index >= 15 is 0 Å². The van der Waals surface area contributed by atoms with Gasteiger partial charge in [-0.1, -0.05) is 47.1 Å². The molecule has 1 aromatic heterocycles. The summed E-state index contributed by atoms with van der Waals surface area (Å²) in [6, 6.07) is 8.00. The predicted molar refractivity (Wildman–Crippen MR) is 77.4 cm³/mol. The van der Waals surface area contributed by atoms with E-state index in [-0.39, 0.29) is 0 Å². The van der Waals surface area contributed by atoms with E-state index in [0.29, 0.717) is 17.5 Å². The number of hydrogen-bond donors (Lipinski definition) is 1. The zero-order valence-electron chi connectivity index (χ0n) is 10.6. The number of nitrogens with two attached hydrogens (primary N) is 1. The van der Waals surface area contributed by atoms with E-state index in [4.69, 9.17) is 10.3 Å². The lowest BCUT2D eigenvalue weighted by Gasteiger charge is -2.15. The first kappa shape index (κ1) is 13.1. The molecule has 0 spiro atoms. The van der Waals surface area contributed by atoms with Crippen LogP contribution in [0.1, 0.15) is 38.2 Å². The number of nitrogen functional groups attached to an aromatic ring is 1. The van der Waals surface area contributed by atoms with Gasteiger partial charge < -0.3 is 10.3 Å². The highest BCUT2D eigenvalue weighted by molar-refractivity contribution is 9.10. The van der Waals surface area contributed by atoms with Gasteiger partial charge in [0.15, 0.2) is 11.6 Å². The van der Waals surface area contributed by atoms with Crippen LogP contribution < -0.4 is 5.73 Å². The first-order valence-electron chi connectivity index (χ1n) is 6.17. The monoisotopic (exact) mass is 308 g/mol. The number of nitrogens with zero attached hydrogens (tertiary/aromatic N) is 1. The molecule has 0 bridgehead atoms. The largest absolute Gasteiger partial charge is 0.381 e. The summed E-state index contributed by atoms with van der Waals surface area (Å²) in [7, 11) is 0. The molecule has 0 saturated heterocycles. The van der Waals surface area contributed by atoms with Crippen LogP contribution in [0.2, 0.25) is 0 Å². The van der Waals surface area contributed by atoms with E-state index in [1.54, 1.807) is 6.07 Å². The average Bonchev–Trinajstić information content (AvgIpc) is 2.79. The third-order valence-corrected chi connectivity index (χ3v) is 3.93. The Morgan fingerprint density at radius 3 is 2.50 bits per heavy atom. The smallest absolute Gasteiger partial charge is 0.169 e. The quantitative estimate of drug-likeness (QED) is 0.898. The van der Waals surface area contributed by atoms with Crippen LogP contribution in [0, 0.1) is 0 Å². The molecule has 0 aliphatic rings. The van der Waals surface area contributed by atoms with E-state index in [1.807, 2.05) is 0 Å². The minimum atomic E-state index is 0.408. The fourth-order valence-electron chi connectivity index (χ4n) is 2.16. The maximum Gasteiger partial charge on any atom is 0.169 e. The Hall–Kier alpha value is -1.29. The topological polar surface area (TPSA) is 52.0 Å². The molecule has 1 heterocycles. The summed E-state index contributed by atoms with van der Waals surface area (Å²) in [6.07, 6.45) is 2.29. The van der Waals surface area contributed by atoms with Crippen LogP contribution in [0.25, 0.3) is 11.3 Å². The third kappa shape index (κ3) is 2.58. The van der Waals surface area contributed by atoms with Crippen molar-refractivity contribution in [1.82, 2.24) is 5.16 Å². The molecule has 0 saturated carbocycles. The Kier molecular flexibility index (Phi) is 4.07. The van der Waals surface area contributed by atoms with Crippen LogP contribution in [-0.4, -0.2) is 5.16 Å². The molecule has 0 unspecified atom stereocenters. The van der Waals surface area contributed by atoms with Crippen LogP contribution in [0.4, 0.5) is 5.82 Å². The molecule has 2 N–H and O–H groups in total. The molecule has 0 aliphatic heterocycles. The number of rotatable bonds is 4. The van der Waals surface area contributed by atoms with Crippen molar-refractivity contribution >= 4 is 21.7 Å². The van der Waals surface area contributed by atoms with Gasteiger partial charge in [0.25, 0.3) is 0 Å². The molecule has 0 amide bonds. The SMILES string of the molecule is CCC(CC)c1ccc(-c2cc(N)no2)cc1Br. The molecule has 2 aromatic rings. The number of anilines is 1. The van der Waals surface area contributed by atoms with Gasteiger partial charge in [0.05, 0.1) is 0 Å². The van der Waals surface area contributed by atoms with Crippen molar-refractivity contribution in [3.63, 3.8) is 0 Å². The lowest BCUT2D eigenvalue weighted by molar-refractivity contribution is 0.436. The average molecular weight is 309 g/mol. The van der Waals surface area contributed by atoms with Crippen molar-refractivity contribution in [1.29, 1.82) is 0 Å². The Morgan fingerprint density at radius 2 is 2.00 bits per heavy atom. The van der Waals surface area contributed by atoms with Crippen LogP contribution >= 0.6 is 15.9 Å². The molecule has 0 atom stereocenters. The molecule has 0 radical (unpaired) electrons. The Morgan fingerprint density at radius 1 is 1.28 bits per heavy atom. The Labute approximate surface area is 115 Å². The summed E-state index contributed by atoms with van der Waals surface area (Å²) in [5, 5.41) is 3.70. The molecule has 96 valence electrons. The Bertz CT molecular complexity index is 532. The van der Waals surface area contributed by atoms with Crippen LogP contribution in [-0.2, 0) is 0 Å². The van der Waals surface area contributed by atoms with Gasteiger partial charge >= 0.3 is 0 Å². The summed E-state index contributed by atoms with van der Waals surface area (Å²) < 4.78 is 6.28. The van der Waals surface area contributed by atoms with Crippen molar-refractivity contribution in [2.24, 2.45) is 0 Å². The summed E-state index contributed by atoms with van der Waals surface area (Å²) in [6.45, 7) is 4.43. The number of hydrogen-bond acceptors (Lipinski definition) is 3. The summed E-state index contributed by atoms with van der Waals surface area (Å²) in [5.74, 6) is 1.70. The first-order chi connectivity index (χ1) is 8.65. The van der Waals surface area contributed by atoms with Gasteiger partial charge in [0.2, 0.25) is 0 Å². The first-order valence-corrected chi connectivity index (χ1v) is 6.97. The summed E-state index contributed by atoms with van der Waals surface area (Å²) in [5.41, 5.74) is 7.89. The van der Waals surface area contributed by atoms with Gasteiger partial charge in [-0.25, -0.2) is 0 Å². The lowest BCUT2D eigenvalue weighted by Crippen LogP contribution is -1.96. The molecular weight excluding hydrogens is 292 g/mol. The minimum Gasteiger partial charge on any atom is -0.381 e. The second-order valence-electron chi connectivity index (χ2n) is 4.37. The number of halogens is 1. The second-order valence-corrected chi connectivity index (χ2v) is 5.22. The maximum absolute atomic E-state index is 5.56. The number of aromatic nitrogens is 1. The highest BCUT2D eigenvalue weighted by Gasteiger charge is 2.13. The predicted octanol–water partition coefficient (Wildman–Crippen LogP) is 4.59. The van der Waals surface area contributed by atoms with E-state index in [0.717, 1.165) is 22.9 Å². The molecule has 3 nitrogen and oxygen atoms in total. The third-order valence-electron chi connectivity index (χ3n) is 3.24. The molecule has 1 aromatic carbocycles. The van der Waals surface area contributed by atoms with E-state index in [9.17, 15) is 0 Å². The fraction of sp³-hybridized carbons (Fsp3) is 0.357. The zero-order chi connectivity index (χ0) is 13.1. The normalized spacial score (nSPS) is 11.1. The second kappa shape index (κ2) is 5.57. The van der Waals surface area contributed by atoms with Gasteiger partial charge in [-0.3, -0.25) is 0 Å². The van der Waals surface area contributed by atoms with Gasteiger partial charge in [-0.2, -0.15) is 0 Å². The lowest BCUT2D eigenvalue weighted by atomic mass is 9.93. The Balaban J connectivity index is 2.35. The van der Waals surface area contributed by atoms with Crippen molar-refractivity contribution < 1.29 is 4.52 Å². The molecule has 2 rings (SSSR count). The van der Waals surface area contributed by atoms with Crippen molar-refractivity contribution in [3.05, 3.63) is 34.3 Å². The highest BCUT2D eigenvalue weighted by atomic mass is 79.9. The molecular formula is C14H17BrN2O. The molecule has 0 aliphatic carbocycles. The van der Waals surface area contributed by atoms with Crippen molar-refractivity contribution in [2.45, 2.75) is 32.6 Å². The molecule has 4 heteroatoms. The van der Waals surface area contributed by atoms with Crippen molar-refractivity contribution in [2.75, 3.05) is 5.73 Å². The van der Waals surface area contributed by atoms with Gasteiger partial charge in [0.1, 0.15) is 0 Å². The van der Waals surface area contributed by atoms with Gasteiger partial charge in [0, 0.05) is 16.1 Å². The fourth-order valence-corrected chi connectivity index (χ4v) is 2.87. The highest BCUT2D eigenvalue weighted by Crippen LogP contribution is 2.33. The van der Waals surface area contributed by atoms with Crippen molar-refractivity contribution in [3.8, 4) is 11.3 Å². The maximum atomic E-state index is 5.56. The van der Waals surface area contributed by atoms with Gasteiger partial charge in [-0.15, -0.1) is 0 Å².